The molecule has 1 atom stereocenters. The van der Waals surface area contributed by atoms with E-state index in [-0.39, 0.29) is 10.6 Å². The van der Waals surface area contributed by atoms with Crippen molar-refractivity contribution in [3.63, 3.8) is 0 Å². The first kappa shape index (κ1) is 19.2. The second-order valence-corrected chi connectivity index (χ2v) is 8.45. The second kappa shape index (κ2) is 7.33. The zero-order chi connectivity index (χ0) is 19.9. The molecule has 0 aliphatic carbocycles. The fourth-order valence-electron chi connectivity index (χ4n) is 3.44. The molecule has 0 saturated heterocycles. The lowest BCUT2D eigenvalue weighted by molar-refractivity contribution is -0.136. The van der Waals surface area contributed by atoms with Crippen molar-refractivity contribution >= 4 is 51.9 Å². The number of ketones is 1. The molecule has 1 unspecified atom stereocenters. The van der Waals surface area contributed by atoms with Gasteiger partial charge in [0.05, 0.1) is 23.7 Å². The Morgan fingerprint density at radius 1 is 1.11 bits per heavy atom. The Kier molecular flexibility index (Phi) is 5.02. The summed E-state index contributed by atoms with van der Waals surface area (Å²) in [4.78, 5) is 28.6. The van der Waals surface area contributed by atoms with Crippen molar-refractivity contribution in [1.82, 2.24) is 0 Å². The molecule has 0 fully saturated rings. The highest BCUT2D eigenvalue weighted by atomic mass is 35.5. The highest BCUT2D eigenvalue weighted by Gasteiger charge is 2.50. The summed E-state index contributed by atoms with van der Waals surface area (Å²) in [5.41, 5.74) is -0.677. The van der Waals surface area contributed by atoms with E-state index in [1.807, 2.05) is 17.5 Å². The Hall–Kier alpha value is -2.18. The van der Waals surface area contributed by atoms with Crippen LogP contribution in [0.15, 0.2) is 60.0 Å². The summed E-state index contributed by atoms with van der Waals surface area (Å²) in [5.74, 6) is -0.939. The van der Waals surface area contributed by atoms with Gasteiger partial charge in [0, 0.05) is 21.0 Å². The molecule has 4 nitrogen and oxygen atoms in total. The molecule has 4 rings (SSSR count). The van der Waals surface area contributed by atoms with Crippen LogP contribution in [0.2, 0.25) is 10.0 Å². The van der Waals surface area contributed by atoms with Crippen LogP contribution in [0.25, 0.3) is 0 Å². The van der Waals surface area contributed by atoms with Gasteiger partial charge in [0.1, 0.15) is 0 Å². The summed E-state index contributed by atoms with van der Waals surface area (Å²) < 4.78 is 0. The molecule has 0 spiro atoms. The van der Waals surface area contributed by atoms with Crippen molar-refractivity contribution < 1.29 is 14.7 Å². The topological polar surface area (TPSA) is 57.6 Å². The Balaban J connectivity index is 1.69. The van der Waals surface area contributed by atoms with Crippen LogP contribution in [-0.4, -0.2) is 16.8 Å². The van der Waals surface area contributed by atoms with Crippen molar-refractivity contribution in [3.8, 4) is 0 Å². The molecule has 1 N–H and O–H groups in total. The van der Waals surface area contributed by atoms with E-state index < -0.39 is 23.7 Å². The van der Waals surface area contributed by atoms with E-state index in [0.29, 0.717) is 22.8 Å². The summed E-state index contributed by atoms with van der Waals surface area (Å²) in [6.07, 6.45) is -0.398. The Bertz CT molecular complexity index is 1070. The van der Waals surface area contributed by atoms with Gasteiger partial charge in [-0.1, -0.05) is 47.5 Å². The third-order valence-corrected chi connectivity index (χ3v) is 6.19. The lowest BCUT2D eigenvalue weighted by atomic mass is 9.88. The van der Waals surface area contributed by atoms with Crippen molar-refractivity contribution in [2.45, 2.75) is 18.6 Å². The third kappa shape index (κ3) is 3.25. The molecule has 3 aromatic rings. The van der Waals surface area contributed by atoms with Gasteiger partial charge in [-0.3, -0.25) is 9.59 Å². The fraction of sp³-hybridized carbons (Fsp3) is 0.143. The normalized spacial score (nSPS) is 18.4. The third-order valence-electron chi connectivity index (χ3n) is 4.78. The molecule has 2 heterocycles. The van der Waals surface area contributed by atoms with Crippen molar-refractivity contribution in [2.24, 2.45) is 0 Å². The van der Waals surface area contributed by atoms with Crippen LogP contribution in [0.4, 0.5) is 5.69 Å². The smallest absolute Gasteiger partial charge is 0.264 e. The molecule has 0 bridgehead atoms. The van der Waals surface area contributed by atoms with Crippen molar-refractivity contribution in [1.29, 1.82) is 0 Å². The van der Waals surface area contributed by atoms with Crippen LogP contribution in [0.5, 0.6) is 0 Å². The summed E-state index contributed by atoms with van der Waals surface area (Å²) in [7, 11) is 0. The zero-order valence-electron chi connectivity index (χ0n) is 14.6. The molecule has 1 aliphatic rings. The number of para-hydroxylation sites is 1. The van der Waals surface area contributed by atoms with Crippen molar-refractivity contribution in [3.05, 3.63) is 86.0 Å². The minimum atomic E-state index is -1.94. The summed E-state index contributed by atoms with van der Waals surface area (Å²) >= 11 is 13.6. The molecule has 0 saturated carbocycles. The van der Waals surface area contributed by atoms with Gasteiger partial charge in [0.2, 0.25) is 0 Å². The molecule has 0 radical (unpaired) electrons. The van der Waals surface area contributed by atoms with Gasteiger partial charge in [-0.15, -0.1) is 11.3 Å². The first-order valence-corrected chi connectivity index (χ1v) is 10.2. The number of benzene rings is 2. The lowest BCUT2D eigenvalue weighted by Gasteiger charge is -2.22. The molecule has 1 amide bonds. The van der Waals surface area contributed by atoms with Gasteiger partial charge >= 0.3 is 0 Å². The molecule has 142 valence electrons. The SMILES string of the molecule is O=C(CC1(O)C(=O)N(Cc2cccs2)c2ccccc21)c1ccc(Cl)cc1Cl. The monoisotopic (exact) mass is 431 g/mol. The van der Waals surface area contributed by atoms with Crippen LogP contribution in [0.3, 0.4) is 0 Å². The molecular formula is C21H15Cl2NO3S. The number of carbonyl (C=O) groups is 2. The van der Waals surface area contributed by atoms with E-state index >= 15 is 0 Å². The van der Waals surface area contributed by atoms with E-state index in [9.17, 15) is 14.7 Å². The van der Waals surface area contributed by atoms with Crippen LogP contribution in [0, 0.1) is 0 Å². The van der Waals surface area contributed by atoms with E-state index in [2.05, 4.69) is 0 Å². The molecule has 7 heteroatoms. The van der Waals surface area contributed by atoms with E-state index in [4.69, 9.17) is 23.2 Å². The number of anilines is 1. The number of hydrogen-bond acceptors (Lipinski definition) is 4. The van der Waals surface area contributed by atoms with Gasteiger partial charge in [-0.25, -0.2) is 0 Å². The Morgan fingerprint density at radius 3 is 2.61 bits per heavy atom. The zero-order valence-corrected chi connectivity index (χ0v) is 16.9. The number of carbonyl (C=O) groups excluding carboxylic acids is 2. The van der Waals surface area contributed by atoms with E-state index in [0.717, 1.165) is 4.88 Å². The predicted octanol–water partition coefficient (Wildman–Crippen LogP) is 5.06. The minimum absolute atomic E-state index is 0.190. The summed E-state index contributed by atoms with van der Waals surface area (Å²) in [6, 6.07) is 15.4. The largest absolute Gasteiger partial charge is 0.375 e. The number of rotatable bonds is 5. The standard InChI is InChI=1S/C21H15Cl2NO3S/c22-13-7-8-15(17(23)10-13)19(25)11-21(27)16-5-1-2-6-18(16)24(20(21)26)12-14-4-3-9-28-14/h1-10,27H,11-12H2. The summed E-state index contributed by atoms with van der Waals surface area (Å²) in [6.45, 7) is 0.339. The number of halogens is 2. The lowest BCUT2D eigenvalue weighted by Crippen LogP contribution is -2.41. The molecular weight excluding hydrogens is 417 g/mol. The second-order valence-electron chi connectivity index (χ2n) is 6.57. The fourth-order valence-corrected chi connectivity index (χ4v) is 4.64. The molecule has 2 aromatic carbocycles. The van der Waals surface area contributed by atoms with E-state index in [1.54, 1.807) is 30.3 Å². The highest BCUT2D eigenvalue weighted by molar-refractivity contribution is 7.09. The maximum atomic E-state index is 13.2. The highest BCUT2D eigenvalue weighted by Crippen LogP contribution is 2.44. The van der Waals surface area contributed by atoms with E-state index in [1.165, 1.54) is 28.4 Å². The van der Waals surface area contributed by atoms with Crippen LogP contribution in [0.1, 0.15) is 27.2 Å². The predicted molar refractivity (Wildman–Crippen MR) is 111 cm³/mol. The molecule has 28 heavy (non-hydrogen) atoms. The number of nitrogens with zero attached hydrogens (tertiary/aromatic N) is 1. The molecule has 1 aromatic heterocycles. The summed E-state index contributed by atoms with van der Waals surface area (Å²) in [5, 5.41) is 13.8. The van der Waals surface area contributed by atoms with Crippen LogP contribution < -0.4 is 4.90 Å². The first-order valence-electron chi connectivity index (χ1n) is 8.54. The number of hydrogen-bond donors (Lipinski definition) is 1. The number of amides is 1. The average molecular weight is 432 g/mol. The number of fused-ring (bicyclic) bond motifs is 1. The van der Waals surface area contributed by atoms with Gasteiger partial charge in [0.15, 0.2) is 11.4 Å². The minimum Gasteiger partial charge on any atom is -0.375 e. The Labute approximate surface area is 175 Å². The van der Waals surface area contributed by atoms with Crippen LogP contribution in [-0.2, 0) is 16.9 Å². The van der Waals surface area contributed by atoms with Crippen molar-refractivity contribution in [2.75, 3.05) is 4.90 Å². The quantitative estimate of drug-likeness (QED) is 0.574. The maximum absolute atomic E-state index is 13.2. The van der Waals surface area contributed by atoms with Gasteiger partial charge < -0.3 is 10.0 Å². The number of thiophene rings is 1. The first-order chi connectivity index (χ1) is 13.4. The van der Waals surface area contributed by atoms with Gasteiger partial charge in [0.25, 0.3) is 5.91 Å². The van der Waals surface area contributed by atoms with Gasteiger partial charge in [-0.2, -0.15) is 0 Å². The van der Waals surface area contributed by atoms with Crippen LogP contribution >= 0.6 is 34.5 Å². The average Bonchev–Trinajstić information content (AvgIpc) is 3.24. The Morgan fingerprint density at radius 2 is 1.89 bits per heavy atom. The number of Topliss-reactive ketones (excluding diaryl/α,β-unsaturated/α-hetero) is 1. The molecule has 1 aliphatic heterocycles. The maximum Gasteiger partial charge on any atom is 0.264 e. The number of aliphatic hydroxyl groups is 1. The van der Waals surface area contributed by atoms with Gasteiger partial charge in [-0.05, 0) is 35.7 Å².